The van der Waals surface area contributed by atoms with E-state index >= 15 is 0 Å². The van der Waals surface area contributed by atoms with Crippen molar-refractivity contribution >= 4 is 28.0 Å². The lowest BCUT2D eigenvalue weighted by Gasteiger charge is -2.24. The predicted octanol–water partition coefficient (Wildman–Crippen LogP) is 3.12. The third kappa shape index (κ3) is 3.70. The molecule has 0 radical (unpaired) electrons. The fourth-order valence-electron chi connectivity index (χ4n) is 2.43. The van der Waals surface area contributed by atoms with Crippen molar-refractivity contribution in [2.75, 3.05) is 0 Å². The van der Waals surface area contributed by atoms with Crippen LogP contribution in [-0.4, -0.2) is 21.9 Å². The molecule has 1 aromatic carbocycles. The summed E-state index contributed by atoms with van der Waals surface area (Å²) in [6.07, 6.45) is 0.250. The van der Waals surface area contributed by atoms with Gasteiger partial charge in [0.25, 0.3) is 5.91 Å². The van der Waals surface area contributed by atoms with Crippen LogP contribution in [0.15, 0.2) is 41.0 Å². The van der Waals surface area contributed by atoms with Crippen molar-refractivity contribution in [3.05, 3.63) is 63.6 Å². The zero-order valence-electron chi connectivity index (χ0n) is 12.1. The first kappa shape index (κ1) is 17.0. The lowest BCUT2D eigenvalue weighted by molar-refractivity contribution is -0.191. The van der Waals surface area contributed by atoms with Crippen molar-refractivity contribution in [1.29, 1.82) is 0 Å². The maximum absolute atomic E-state index is 13.3. The molecule has 1 aliphatic rings. The van der Waals surface area contributed by atoms with Gasteiger partial charge in [-0.2, -0.15) is 9.59 Å². The first-order valence-electron chi connectivity index (χ1n) is 6.69. The summed E-state index contributed by atoms with van der Waals surface area (Å²) in [5.41, 5.74) is 2.16. The van der Waals surface area contributed by atoms with Crippen LogP contribution in [0.25, 0.3) is 0 Å². The zero-order valence-corrected chi connectivity index (χ0v) is 13.7. The maximum atomic E-state index is 13.3. The lowest BCUT2D eigenvalue weighted by atomic mass is 10.1. The minimum Gasteiger partial charge on any atom is -0.326 e. The molecule has 0 aliphatic carbocycles. The van der Waals surface area contributed by atoms with Crippen molar-refractivity contribution in [1.82, 2.24) is 9.88 Å². The number of carbonyl (C=O) groups excluding carboxylic acids is 3. The Morgan fingerprint density at radius 2 is 2.00 bits per heavy atom. The smallest absolute Gasteiger partial charge is 0.326 e. The van der Waals surface area contributed by atoms with Crippen LogP contribution < -0.4 is 0 Å². The highest BCUT2D eigenvalue weighted by Crippen LogP contribution is 2.31. The molecule has 0 N–H and O–H groups in total. The number of hydrogen-bond donors (Lipinski definition) is 0. The fourth-order valence-corrected chi connectivity index (χ4v) is 2.74. The van der Waals surface area contributed by atoms with Crippen molar-refractivity contribution in [2.24, 2.45) is 0 Å². The molecule has 5 nitrogen and oxygen atoms in total. The van der Waals surface area contributed by atoms with Crippen LogP contribution >= 0.6 is 15.9 Å². The highest BCUT2D eigenvalue weighted by atomic mass is 79.9. The van der Waals surface area contributed by atoms with Gasteiger partial charge in [-0.15, -0.1) is 0 Å². The van der Waals surface area contributed by atoms with Crippen molar-refractivity contribution in [3.8, 4) is 0 Å². The Bertz CT molecular complexity index is 776. The van der Waals surface area contributed by atoms with Gasteiger partial charge >= 0.3 is 6.15 Å². The SMILES string of the molecule is CC(c1cccc(F)c1)N1Cc2ccc(Br)nc2C1=O.O=C=O. The molecule has 0 saturated heterocycles. The van der Waals surface area contributed by atoms with Gasteiger partial charge in [-0.25, -0.2) is 9.37 Å². The molecule has 1 amide bonds. The average molecular weight is 379 g/mol. The molecule has 118 valence electrons. The number of nitrogens with zero attached hydrogens (tertiary/aromatic N) is 2. The number of amides is 1. The summed E-state index contributed by atoms with van der Waals surface area (Å²) in [7, 11) is 0. The van der Waals surface area contributed by atoms with Crippen molar-refractivity contribution < 1.29 is 18.8 Å². The second-order valence-electron chi connectivity index (χ2n) is 4.89. The van der Waals surface area contributed by atoms with Gasteiger partial charge in [-0.05, 0) is 46.6 Å². The Hall–Kier alpha value is -2.37. The third-order valence-corrected chi connectivity index (χ3v) is 3.99. The van der Waals surface area contributed by atoms with Crippen LogP contribution in [0.2, 0.25) is 0 Å². The minimum absolute atomic E-state index is 0.113. The molecule has 0 spiro atoms. The van der Waals surface area contributed by atoms with E-state index in [1.54, 1.807) is 11.0 Å². The molecular formula is C16H12BrFN2O3. The summed E-state index contributed by atoms with van der Waals surface area (Å²) in [6.45, 7) is 2.40. The van der Waals surface area contributed by atoms with Crippen LogP contribution in [0.4, 0.5) is 4.39 Å². The second-order valence-corrected chi connectivity index (χ2v) is 5.70. The summed E-state index contributed by atoms with van der Waals surface area (Å²) in [6, 6.07) is 9.87. The van der Waals surface area contributed by atoms with Gasteiger partial charge in [0.1, 0.15) is 16.1 Å². The van der Waals surface area contributed by atoms with Crippen LogP contribution in [0.3, 0.4) is 0 Å². The van der Waals surface area contributed by atoms with E-state index < -0.39 is 0 Å². The van der Waals surface area contributed by atoms with Crippen molar-refractivity contribution in [3.63, 3.8) is 0 Å². The van der Waals surface area contributed by atoms with Crippen molar-refractivity contribution in [2.45, 2.75) is 19.5 Å². The molecule has 0 saturated carbocycles. The Kier molecular flexibility index (Phi) is 5.36. The Balaban J connectivity index is 0.000000595. The minimum atomic E-state index is -0.292. The quantitative estimate of drug-likeness (QED) is 0.752. The highest BCUT2D eigenvalue weighted by Gasteiger charge is 2.32. The molecule has 1 aliphatic heterocycles. The van der Waals surface area contributed by atoms with E-state index in [2.05, 4.69) is 20.9 Å². The van der Waals surface area contributed by atoms with E-state index in [-0.39, 0.29) is 23.9 Å². The Labute approximate surface area is 140 Å². The van der Waals surface area contributed by atoms with E-state index in [0.717, 1.165) is 11.1 Å². The average Bonchev–Trinajstić information content (AvgIpc) is 2.84. The highest BCUT2D eigenvalue weighted by molar-refractivity contribution is 9.10. The van der Waals surface area contributed by atoms with Gasteiger partial charge in [-0.3, -0.25) is 4.79 Å². The molecule has 1 unspecified atom stereocenters. The molecule has 3 rings (SSSR count). The van der Waals surface area contributed by atoms with E-state index in [4.69, 9.17) is 9.59 Å². The molecule has 7 heteroatoms. The summed E-state index contributed by atoms with van der Waals surface area (Å²) in [5.74, 6) is -0.405. The molecule has 2 aromatic rings. The van der Waals surface area contributed by atoms with Gasteiger partial charge < -0.3 is 4.90 Å². The van der Waals surface area contributed by atoms with Crippen LogP contribution in [0.5, 0.6) is 0 Å². The zero-order chi connectivity index (χ0) is 17.0. The fraction of sp³-hybridized carbons (Fsp3) is 0.188. The normalized spacial score (nSPS) is 13.7. The van der Waals surface area contributed by atoms with Crippen LogP contribution in [0.1, 0.15) is 34.6 Å². The van der Waals surface area contributed by atoms with E-state index in [0.29, 0.717) is 16.8 Å². The molecule has 1 aromatic heterocycles. The third-order valence-electron chi connectivity index (χ3n) is 3.55. The second kappa shape index (κ2) is 7.26. The largest absolute Gasteiger partial charge is 0.373 e. The molecule has 2 heterocycles. The first-order valence-corrected chi connectivity index (χ1v) is 7.48. The van der Waals surface area contributed by atoms with E-state index in [9.17, 15) is 9.18 Å². The van der Waals surface area contributed by atoms with Gasteiger partial charge in [0.2, 0.25) is 0 Å². The molecular weight excluding hydrogens is 367 g/mol. The topological polar surface area (TPSA) is 67.3 Å². The van der Waals surface area contributed by atoms with Gasteiger partial charge in [0.15, 0.2) is 0 Å². The van der Waals surface area contributed by atoms with Crippen LogP contribution in [0, 0.1) is 5.82 Å². The first-order chi connectivity index (χ1) is 11.0. The number of carbonyl (C=O) groups is 1. The van der Waals surface area contributed by atoms with Crippen LogP contribution in [-0.2, 0) is 16.1 Å². The Morgan fingerprint density at radius 3 is 2.65 bits per heavy atom. The number of benzene rings is 1. The van der Waals surface area contributed by atoms with Gasteiger partial charge in [0.05, 0.1) is 6.04 Å². The summed E-state index contributed by atoms with van der Waals surface area (Å²) >= 11 is 3.27. The Morgan fingerprint density at radius 1 is 1.30 bits per heavy atom. The molecule has 23 heavy (non-hydrogen) atoms. The standard InChI is InChI=1S/C15H12BrFN2O.CO2/c1-9(10-3-2-4-12(17)7-10)19-8-11-5-6-13(16)18-14(11)15(19)20;2-1-3/h2-7,9H,8H2,1H3;. The maximum Gasteiger partial charge on any atom is 0.373 e. The molecule has 0 fully saturated rings. The number of fused-ring (bicyclic) bond motifs is 1. The summed E-state index contributed by atoms with van der Waals surface area (Å²) in [4.78, 5) is 34.6. The summed E-state index contributed by atoms with van der Waals surface area (Å²) in [5, 5.41) is 0. The molecule has 0 bridgehead atoms. The molecule has 1 atom stereocenters. The number of rotatable bonds is 2. The summed E-state index contributed by atoms with van der Waals surface area (Å²) < 4.78 is 13.9. The monoisotopic (exact) mass is 378 g/mol. The predicted molar refractivity (Wildman–Crippen MR) is 81.6 cm³/mol. The van der Waals surface area contributed by atoms with Gasteiger partial charge in [0, 0.05) is 12.1 Å². The van der Waals surface area contributed by atoms with Gasteiger partial charge in [-0.1, -0.05) is 18.2 Å². The van der Waals surface area contributed by atoms with E-state index in [1.165, 1.54) is 12.1 Å². The number of hydrogen-bond acceptors (Lipinski definition) is 4. The number of pyridine rings is 1. The lowest BCUT2D eigenvalue weighted by Crippen LogP contribution is -2.27. The number of aromatic nitrogens is 1. The number of halogens is 2. The van der Waals surface area contributed by atoms with E-state index in [1.807, 2.05) is 25.1 Å².